The van der Waals surface area contributed by atoms with E-state index in [1.807, 2.05) is 27.2 Å². The van der Waals surface area contributed by atoms with E-state index in [1.165, 1.54) is 135 Å². The summed E-state index contributed by atoms with van der Waals surface area (Å²) in [6.07, 6.45) is 36.9. The third kappa shape index (κ3) is 40.2. The quantitative estimate of drug-likeness (QED) is 0.0215. The van der Waals surface area contributed by atoms with Crippen LogP contribution >= 0.6 is 7.82 Å². The standard InChI is InChI=1S/C43H84NO8P/c1-6-8-10-12-14-16-18-20-22-24-25-27-29-31-33-35-42(45)49-39-41(40-51-53(47,48)50-38-37-44(3,4)5)52-43(46)36-34-32-30-28-26-23-21-19-17-15-13-11-9-7-2/h29,31,41H,6-28,30,32-40H2,1-5H3/p+1/b31-29+/t41-/m1/s1. The zero-order valence-electron chi connectivity index (χ0n) is 35.3. The summed E-state index contributed by atoms with van der Waals surface area (Å²) in [4.78, 5) is 35.3. The fourth-order valence-electron chi connectivity index (χ4n) is 6.09. The van der Waals surface area contributed by atoms with E-state index >= 15 is 0 Å². The Hall–Kier alpha value is -1.25. The normalized spacial score (nSPS) is 13.7. The number of hydrogen-bond donors (Lipinski definition) is 1. The number of allylic oxidation sites excluding steroid dienone is 2. The largest absolute Gasteiger partial charge is 0.472 e. The summed E-state index contributed by atoms with van der Waals surface area (Å²) in [5, 5.41) is 0. The van der Waals surface area contributed by atoms with Crippen LogP contribution < -0.4 is 0 Å². The van der Waals surface area contributed by atoms with Gasteiger partial charge in [0.1, 0.15) is 19.8 Å². The van der Waals surface area contributed by atoms with Crippen LogP contribution in [0.4, 0.5) is 0 Å². The molecule has 0 aromatic carbocycles. The molecule has 1 unspecified atom stereocenters. The number of quaternary nitrogens is 1. The van der Waals surface area contributed by atoms with Gasteiger partial charge in [-0.15, -0.1) is 0 Å². The molecule has 1 N–H and O–H groups in total. The molecule has 0 aliphatic heterocycles. The molecule has 0 aliphatic rings. The van der Waals surface area contributed by atoms with Gasteiger partial charge in [0.2, 0.25) is 0 Å². The summed E-state index contributed by atoms with van der Waals surface area (Å²) in [7, 11) is 1.47. The fourth-order valence-corrected chi connectivity index (χ4v) is 6.83. The monoisotopic (exact) mass is 775 g/mol. The van der Waals surface area contributed by atoms with E-state index in [9.17, 15) is 19.0 Å². The summed E-state index contributed by atoms with van der Waals surface area (Å²) in [5.41, 5.74) is 0. The van der Waals surface area contributed by atoms with Gasteiger partial charge in [0.25, 0.3) is 0 Å². The molecule has 0 radical (unpaired) electrons. The Morgan fingerprint density at radius 3 is 1.47 bits per heavy atom. The van der Waals surface area contributed by atoms with E-state index in [2.05, 4.69) is 19.9 Å². The van der Waals surface area contributed by atoms with Crippen molar-refractivity contribution in [2.45, 2.75) is 206 Å². The molecule has 53 heavy (non-hydrogen) atoms. The van der Waals surface area contributed by atoms with Crippen molar-refractivity contribution >= 4 is 19.8 Å². The number of nitrogens with zero attached hydrogens (tertiary/aromatic N) is 1. The van der Waals surface area contributed by atoms with Crippen LogP contribution in [-0.4, -0.2) is 74.9 Å². The third-order valence-electron chi connectivity index (χ3n) is 9.56. The molecule has 0 aliphatic carbocycles. The highest BCUT2D eigenvalue weighted by molar-refractivity contribution is 7.47. The number of phosphoric acid groups is 1. The first-order valence-corrected chi connectivity index (χ1v) is 23.4. The lowest BCUT2D eigenvalue weighted by Crippen LogP contribution is -2.37. The van der Waals surface area contributed by atoms with Gasteiger partial charge < -0.3 is 18.9 Å². The first-order chi connectivity index (χ1) is 25.5. The Morgan fingerprint density at radius 1 is 0.566 bits per heavy atom. The lowest BCUT2D eigenvalue weighted by molar-refractivity contribution is -0.870. The van der Waals surface area contributed by atoms with Crippen LogP contribution in [0.15, 0.2) is 12.2 Å². The average Bonchev–Trinajstić information content (AvgIpc) is 3.10. The third-order valence-corrected chi connectivity index (χ3v) is 10.5. The van der Waals surface area contributed by atoms with E-state index < -0.39 is 32.5 Å². The molecule has 0 amide bonds. The molecule has 0 rings (SSSR count). The molecule has 0 fully saturated rings. The van der Waals surface area contributed by atoms with Crippen LogP contribution in [0.5, 0.6) is 0 Å². The summed E-state index contributed by atoms with van der Waals surface area (Å²) in [5.74, 6) is -0.846. The Morgan fingerprint density at radius 2 is 1.00 bits per heavy atom. The molecule has 9 nitrogen and oxygen atoms in total. The van der Waals surface area contributed by atoms with Crippen LogP contribution in [0.3, 0.4) is 0 Å². The zero-order valence-corrected chi connectivity index (χ0v) is 36.2. The molecular formula is C43H85NO8P+. The lowest BCUT2D eigenvalue weighted by Gasteiger charge is -2.24. The molecule has 0 spiro atoms. The molecule has 10 heteroatoms. The molecular weight excluding hydrogens is 689 g/mol. The predicted molar refractivity (Wildman–Crippen MR) is 220 cm³/mol. The van der Waals surface area contributed by atoms with Crippen LogP contribution in [-0.2, 0) is 32.7 Å². The number of esters is 2. The Kier molecular flexibility index (Phi) is 35.5. The van der Waals surface area contributed by atoms with Gasteiger partial charge in [0.05, 0.1) is 27.7 Å². The van der Waals surface area contributed by atoms with Crippen molar-refractivity contribution in [2.24, 2.45) is 0 Å². The number of carbonyl (C=O) groups excluding carboxylic acids is 2. The van der Waals surface area contributed by atoms with Gasteiger partial charge in [0, 0.05) is 12.8 Å². The van der Waals surface area contributed by atoms with Crippen LogP contribution in [0, 0.1) is 0 Å². The summed E-state index contributed by atoms with van der Waals surface area (Å²) >= 11 is 0. The summed E-state index contributed by atoms with van der Waals surface area (Å²) in [6.45, 7) is 4.40. The molecule has 0 aromatic rings. The molecule has 2 atom stereocenters. The van der Waals surface area contributed by atoms with E-state index in [-0.39, 0.29) is 26.1 Å². The predicted octanol–water partition coefficient (Wildman–Crippen LogP) is 12.2. The maximum Gasteiger partial charge on any atom is 0.472 e. The second kappa shape index (κ2) is 36.4. The number of rotatable bonds is 40. The number of likely N-dealkylation sites (N-methyl/N-ethyl adjacent to an activating group) is 1. The molecule has 0 saturated heterocycles. The Labute approximate surface area is 326 Å². The fraction of sp³-hybridized carbons (Fsp3) is 0.907. The van der Waals surface area contributed by atoms with Gasteiger partial charge >= 0.3 is 19.8 Å². The van der Waals surface area contributed by atoms with E-state index in [0.29, 0.717) is 23.9 Å². The van der Waals surface area contributed by atoms with Gasteiger partial charge in [-0.25, -0.2) is 4.57 Å². The van der Waals surface area contributed by atoms with Gasteiger partial charge in [-0.2, -0.15) is 0 Å². The van der Waals surface area contributed by atoms with Crippen molar-refractivity contribution in [3.8, 4) is 0 Å². The number of hydrogen-bond acceptors (Lipinski definition) is 7. The first-order valence-electron chi connectivity index (χ1n) is 21.9. The number of unbranched alkanes of at least 4 members (excludes halogenated alkanes) is 24. The van der Waals surface area contributed by atoms with Crippen molar-refractivity contribution in [1.29, 1.82) is 0 Å². The number of ether oxygens (including phenoxy) is 2. The van der Waals surface area contributed by atoms with Gasteiger partial charge in [-0.05, 0) is 25.7 Å². The molecule has 0 aromatic heterocycles. The van der Waals surface area contributed by atoms with Gasteiger partial charge in [-0.1, -0.05) is 174 Å². The molecule has 0 bridgehead atoms. The van der Waals surface area contributed by atoms with Crippen molar-refractivity contribution in [1.82, 2.24) is 0 Å². The van der Waals surface area contributed by atoms with E-state index in [1.54, 1.807) is 0 Å². The minimum atomic E-state index is -4.37. The smallest absolute Gasteiger partial charge is 0.462 e. The molecule has 0 saturated carbocycles. The van der Waals surface area contributed by atoms with Crippen molar-refractivity contribution in [2.75, 3.05) is 47.5 Å². The minimum Gasteiger partial charge on any atom is -0.462 e. The van der Waals surface area contributed by atoms with Gasteiger partial charge in [0.15, 0.2) is 6.10 Å². The van der Waals surface area contributed by atoms with Crippen molar-refractivity contribution in [3.63, 3.8) is 0 Å². The summed E-state index contributed by atoms with van der Waals surface area (Å²) < 4.78 is 34.2. The van der Waals surface area contributed by atoms with Crippen LogP contribution in [0.1, 0.15) is 200 Å². The highest BCUT2D eigenvalue weighted by Gasteiger charge is 2.27. The summed E-state index contributed by atoms with van der Waals surface area (Å²) in [6, 6.07) is 0. The minimum absolute atomic E-state index is 0.0304. The highest BCUT2D eigenvalue weighted by Crippen LogP contribution is 2.43. The molecule has 314 valence electrons. The van der Waals surface area contributed by atoms with Crippen LogP contribution in [0.25, 0.3) is 0 Å². The topological polar surface area (TPSA) is 108 Å². The number of carbonyl (C=O) groups is 2. The van der Waals surface area contributed by atoms with Crippen LogP contribution in [0.2, 0.25) is 0 Å². The highest BCUT2D eigenvalue weighted by atomic mass is 31.2. The second-order valence-corrected chi connectivity index (χ2v) is 17.5. The first kappa shape index (κ1) is 51.8. The zero-order chi connectivity index (χ0) is 39.3. The average molecular weight is 775 g/mol. The van der Waals surface area contributed by atoms with Crippen molar-refractivity contribution in [3.05, 3.63) is 12.2 Å². The lowest BCUT2D eigenvalue weighted by atomic mass is 10.0. The number of phosphoric ester groups is 1. The van der Waals surface area contributed by atoms with E-state index in [0.717, 1.165) is 25.7 Å². The SMILES string of the molecule is CCCCCCCCCCCCC/C=C/CCC(=O)OC[C@H](COP(=O)(O)OCC[N+](C)(C)C)OC(=O)CCCCCCCCCCCCCCCC. The van der Waals surface area contributed by atoms with E-state index in [4.69, 9.17) is 18.5 Å². The Balaban J connectivity index is 4.38. The van der Waals surface area contributed by atoms with Crippen molar-refractivity contribution < 1.29 is 42.1 Å². The van der Waals surface area contributed by atoms with Gasteiger partial charge in [-0.3, -0.25) is 18.6 Å². The second-order valence-electron chi connectivity index (χ2n) is 16.1. The maximum absolute atomic E-state index is 12.7. The maximum atomic E-state index is 12.7. The molecule has 0 heterocycles. The Bertz CT molecular complexity index is 922.